The van der Waals surface area contributed by atoms with Gasteiger partial charge in [-0.3, -0.25) is 9.78 Å². The van der Waals surface area contributed by atoms with Crippen molar-refractivity contribution in [3.63, 3.8) is 0 Å². The first-order valence-corrected chi connectivity index (χ1v) is 6.92. The molecule has 0 saturated carbocycles. The molecular formula is C15H17ClN2O. The average Bonchev–Trinajstić information content (AvgIpc) is 2.44. The minimum absolute atomic E-state index is 0.0168. The first kappa shape index (κ1) is 13.8. The third-order valence-corrected chi connectivity index (χ3v) is 3.34. The Hall–Kier alpha value is -1.61. The molecule has 3 nitrogen and oxygen atoms in total. The second-order valence-corrected chi connectivity index (χ2v) is 5.09. The molecule has 100 valence electrons. The molecule has 1 unspecified atom stereocenters. The molecule has 0 aliphatic rings. The number of halogens is 1. The van der Waals surface area contributed by atoms with Gasteiger partial charge in [0.1, 0.15) is 0 Å². The Labute approximate surface area is 118 Å². The highest BCUT2D eigenvalue weighted by Gasteiger charge is 2.12. The molecule has 1 amide bonds. The van der Waals surface area contributed by atoms with Crippen LogP contribution in [0.5, 0.6) is 0 Å². The molecule has 0 radical (unpaired) electrons. The molecule has 4 heteroatoms. The number of benzene rings is 1. The second kappa shape index (κ2) is 6.53. The molecule has 2 aromatic rings. The predicted octanol–water partition coefficient (Wildman–Crippen LogP) is 3.37. The van der Waals surface area contributed by atoms with Crippen LogP contribution in [0.1, 0.15) is 30.1 Å². The first-order chi connectivity index (χ1) is 9.22. The summed E-state index contributed by atoms with van der Waals surface area (Å²) in [5, 5.41) is 3.81. The Bertz CT molecular complexity index is 566. The molecule has 0 saturated heterocycles. The fourth-order valence-corrected chi connectivity index (χ4v) is 2.30. The number of alkyl halides is 1. The van der Waals surface area contributed by atoms with E-state index in [0.29, 0.717) is 12.1 Å². The number of amides is 1. The summed E-state index contributed by atoms with van der Waals surface area (Å²) in [5.41, 5.74) is 1.32. The Balaban J connectivity index is 2.13. The van der Waals surface area contributed by atoms with E-state index in [1.165, 1.54) is 0 Å². The zero-order valence-electron chi connectivity index (χ0n) is 10.9. The minimum atomic E-state index is -0.119. The minimum Gasteiger partial charge on any atom is -0.350 e. The Kier molecular flexibility index (Phi) is 4.74. The van der Waals surface area contributed by atoms with Crippen LogP contribution in [-0.4, -0.2) is 22.8 Å². The van der Waals surface area contributed by atoms with Gasteiger partial charge in [0.15, 0.2) is 0 Å². The van der Waals surface area contributed by atoms with Gasteiger partial charge in [-0.2, -0.15) is 0 Å². The lowest BCUT2D eigenvalue weighted by molar-refractivity contribution is 0.0954. The number of carbonyl (C=O) groups excluding carboxylic acids is 1. The lowest BCUT2D eigenvalue weighted by Crippen LogP contribution is -2.29. The zero-order chi connectivity index (χ0) is 13.7. The summed E-state index contributed by atoms with van der Waals surface area (Å²) < 4.78 is 0. The van der Waals surface area contributed by atoms with Crippen LogP contribution in [0.25, 0.3) is 10.9 Å². The summed E-state index contributed by atoms with van der Waals surface area (Å²) in [6.45, 7) is 2.56. The molecule has 1 heterocycles. The molecule has 0 aliphatic carbocycles. The SMILES string of the molecule is CCCC(Cl)CNC(=O)c1cccc2cccnc12. The van der Waals surface area contributed by atoms with E-state index in [4.69, 9.17) is 11.6 Å². The molecule has 0 spiro atoms. The summed E-state index contributed by atoms with van der Waals surface area (Å²) >= 11 is 6.10. The maximum atomic E-state index is 12.2. The van der Waals surface area contributed by atoms with E-state index in [1.54, 1.807) is 12.3 Å². The monoisotopic (exact) mass is 276 g/mol. The summed E-state index contributed by atoms with van der Waals surface area (Å²) in [6, 6.07) is 9.40. The van der Waals surface area contributed by atoms with E-state index in [1.807, 2.05) is 24.3 Å². The van der Waals surface area contributed by atoms with E-state index >= 15 is 0 Å². The summed E-state index contributed by atoms with van der Waals surface area (Å²) in [6.07, 6.45) is 3.61. The van der Waals surface area contributed by atoms with Gasteiger partial charge in [0.2, 0.25) is 0 Å². The lowest BCUT2D eigenvalue weighted by Gasteiger charge is -2.10. The predicted molar refractivity (Wildman–Crippen MR) is 78.6 cm³/mol. The zero-order valence-corrected chi connectivity index (χ0v) is 11.7. The highest BCUT2D eigenvalue weighted by Crippen LogP contribution is 2.15. The lowest BCUT2D eigenvalue weighted by atomic mass is 10.1. The highest BCUT2D eigenvalue weighted by atomic mass is 35.5. The molecule has 1 aromatic carbocycles. The topological polar surface area (TPSA) is 42.0 Å². The van der Waals surface area contributed by atoms with Gasteiger partial charge < -0.3 is 5.32 Å². The van der Waals surface area contributed by atoms with Crippen molar-refractivity contribution in [2.75, 3.05) is 6.54 Å². The van der Waals surface area contributed by atoms with Gasteiger partial charge in [-0.15, -0.1) is 11.6 Å². The van der Waals surface area contributed by atoms with Crippen molar-refractivity contribution in [1.82, 2.24) is 10.3 Å². The largest absolute Gasteiger partial charge is 0.350 e. The van der Waals surface area contributed by atoms with Crippen LogP contribution in [0.4, 0.5) is 0 Å². The van der Waals surface area contributed by atoms with Gasteiger partial charge >= 0.3 is 0 Å². The van der Waals surface area contributed by atoms with Gasteiger partial charge in [0, 0.05) is 18.1 Å². The fourth-order valence-electron chi connectivity index (χ4n) is 2.00. The molecule has 0 aliphatic heterocycles. The molecule has 1 atom stereocenters. The number of nitrogens with zero attached hydrogens (tertiary/aromatic N) is 1. The number of nitrogens with one attached hydrogen (secondary N) is 1. The number of hydrogen-bond acceptors (Lipinski definition) is 2. The molecule has 0 fully saturated rings. The van der Waals surface area contributed by atoms with E-state index in [-0.39, 0.29) is 11.3 Å². The highest BCUT2D eigenvalue weighted by molar-refractivity contribution is 6.21. The molecule has 19 heavy (non-hydrogen) atoms. The van der Waals surface area contributed by atoms with Gasteiger partial charge in [0.25, 0.3) is 5.91 Å². The van der Waals surface area contributed by atoms with Crippen LogP contribution in [-0.2, 0) is 0 Å². The van der Waals surface area contributed by atoms with Crippen molar-refractivity contribution in [1.29, 1.82) is 0 Å². The number of carbonyl (C=O) groups is 1. The maximum absolute atomic E-state index is 12.2. The van der Waals surface area contributed by atoms with E-state index in [9.17, 15) is 4.79 Å². The molecular weight excluding hydrogens is 260 g/mol. The standard InChI is InChI=1S/C15H17ClN2O/c1-2-5-12(16)10-18-15(19)13-8-3-6-11-7-4-9-17-14(11)13/h3-4,6-9,12H,2,5,10H2,1H3,(H,18,19). The van der Waals surface area contributed by atoms with Crippen molar-refractivity contribution >= 4 is 28.4 Å². The number of pyridine rings is 1. The van der Waals surface area contributed by atoms with Crippen LogP contribution in [0.2, 0.25) is 0 Å². The van der Waals surface area contributed by atoms with Crippen molar-refractivity contribution in [3.8, 4) is 0 Å². The number of para-hydroxylation sites is 1. The summed E-state index contributed by atoms with van der Waals surface area (Å²) in [7, 11) is 0. The van der Waals surface area contributed by atoms with Crippen LogP contribution in [0, 0.1) is 0 Å². The van der Waals surface area contributed by atoms with Gasteiger partial charge in [0.05, 0.1) is 16.5 Å². The smallest absolute Gasteiger partial charge is 0.253 e. The normalized spacial score (nSPS) is 12.3. The van der Waals surface area contributed by atoms with Crippen molar-refractivity contribution in [3.05, 3.63) is 42.1 Å². The molecule has 1 N–H and O–H groups in total. The van der Waals surface area contributed by atoms with E-state index in [0.717, 1.165) is 23.7 Å². The van der Waals surface area contributed by atoms with Crippen molar-refractivity contribution in [2.24, 2.45) is 0 Å². The Morgan fingerprint density at radius 1 is 1.37 bits per heavy atom. The van der Waals surface area contributed by atoms with E-state index in [2.05, 4.69) is 17.2 Å². The van der Waals surface area contributed by atoms with E-state index < -0.39 is 0 Å². The first-order valence-electron chi connectivity index (χ1n) is 6.48. The van der Waals surface area contributed by atoms with Crippen LogP contribution in [0.15, 0.2) is 36.5 Å². The number of aromatic nitrogens is 1. The molecule has 2 rings (SSSR count). The van der Waals surface area contributed by atoms with Gasteiger partial charge in [-0.1, -0.05) is 31.5 Å². The van der Waals surface area contributed by atoms with Gasteiger partial charge in [-0.05, 0) is 18.6 Å². The Morgan fingerprint density at radius 3 is 2.95 bits per heavy atom. The van der Waals surface area contributed by atoms with Crippen molar-refractivity contribution < 1.29 is 4.79 Å². The van der Waals surface area contributed by atoms with Crippen molar-refractivity contribution in [2.45, 2.75) is 25.1 Å². The number of hydrogen-bond donors (Lipinski definition) is 1. The molecule has 1 aromatic heterocycles. The fraction of sp³-hybridized carbons (Fsp3) is 0.333. The number of fused-ring (bicyclic) bond motifs is 1. The molecule has 0 bridgehead atoms. The van der Waals surface area contributed by atoms with Gasteiger partial charge in [-0.25, -0.2) is 0 Å². The maximum Gasteiger partial charge on any atom is 0.253 e. The quantitative estimate of drug-likeness (QED) is 0.851. The Morgan fingerprint density at radius 2 is 2.16 bits per heavy atom. The van der Waals surface area contributed by atoms with Crippen LogP contribution >= 0.6 is 11.6 Å². The van der Waals surface area contributed by atoms with Crippen LogP contribution in [0.3, 0.4) is 0 Å². The average molecular weight is 277 g/mol. The third kappa shape index (κ3) is 3.44. The van der Waals surface area contributed by atoms with Crippen LogP contribution < -0.4 is 5.32 Å². The number of rotatable bonds is 5. The third-order valence-electron chi connectivity index (χ3n) is 2.96. The second-order valence-electron chi connectivity index (χ2n) is 4.48. The summed E-state index contributed by atoms with van der Waals surface area (Å²) in [4.78, 5) is 16.4. The summed E-state index contributed by atoms with van der Waals surface area (Å²) in [5.74, 6) is -0.119.